The molecule has 0 aliphatic carbocycles. The maximum atomic E-state index is 12.9. The number of fused-ring (bicyclic) bond motifs is 1. The number of likely N-dealkylation sites (N-methyl/N-ethyl adjacent to an activating group) is 1. The SMILES string of the molecule is CCN(CC)C(=O)CN1C(=O)C(C)Oc2ccc(-c3csc(Cc4ccccc4)n3)cc21. The van der Waals surface area contributed by atoms with E-state index in [4.69, 9.17) is 9.72 Å². The average Bonchev–Trinajstić information content (AvgIpc) is 3.26. The van der Waals surface area contributed by atoms with Gasteiger partial charge in [0.15, 0.2) is 6.10 Å². The predicted octanol–water partition coefficient (Wildman–Crippen LogP) is 4.38. The summed E-state index contributed by atoms with van der Waals surface area (Å²) < 4.78 is 5.81. The first kappa shape index (κ1) is 22.0. The second-order valence-electron chi connectivity index (χ2n) is 7.72. The zero-order valence-corrected chi connectivity index (χ0v) is 19.4. The van der Waals surface area contributed by atoms with Gasteiger partial charge in [0.2, 0.25) is 5.91 Å². The van der Waals surface area contributed by atoms with E-state index in [2.05, 4.69) is 12.1 Å². The van der Waals surface area contributed by atoms with Gasteiger partial charge in [0.1, 0.15) is 12.3 Å². The van der Waals surface area contributed by atoms with Crippen LogP contribution in [0.1, 0.15) is 31.3 Å². The predicted molar refractivity (Wildman–Crippen MR) is 127 cm³/mol. The van der Waals surface area contributed by atoms with Gasteiger partial charge in [-0.2, -0.15) is 0 Å². The second-order valence-corrected chi connectivity index (χ2v) is 8.66. The van der Waals surface area contributed by atoms with Gasteiger partial charge in [-0.1, -0.05) is 30.3 Å². The fourth-order valence-electron chi connectivity index (χ4n) is 3.84. The van der Waals surface area contributed by atoms with E-state index >= 15 is 0 Å². The normalized spacial score (nSPS) is 15.3. The van der Waals surface area contributed by atoms with Crippen LogP contribution in [0.25, 0.3) is 11.3 Å². The maximum absolute atomic E-state index is 12.9. The first-order valence-electron chi connectivity index (χ1n) is 10.9. The van der Waals surface area contributed by atoms with Crippen LogP contribution in [-0.4, -0.2) is 47.4 Å². The average molecular weight is 450 g/mol. The van der Waals surface area contributed by atoms with E-state index in [9.17, 15) is 9.59 Å². The van der Waals surface area contributed by atoms with Crippen molar-refractivity contribution < 1.29 is 14.3 Å². The molecule has 0 fully saturated rings. The summed E-state index contributed by atoms with van der Waals surface area (Å²) >= 11 is 1.62. The Morgan fingerprint density at radius 1 is 1.16 bits per heavy atom. The fourth-order valence-corrected chi connectivity index (χ4v) is 4.67. The first-order chi connectivity index (χ1) is 15.5. The third-order valence-corrected chi connectivity index (χ3v) is 6.47. The Morgan fingerprint density at radius 3 is 2.62 bits per heavy atom. The van der Waals surface area contributed by atoms with E-state index in [1.807, 2.05) is 55.6 Å². The van der Waals surface area contributed by atoms with Crippen LogP contribution in [0.5, 0.6) is 5.75 Å². The molecule has 6 nitrogen and oxygen atoms in total. The third-order valence-electron chi connectivity index (χ3n) is 5.62. The van der Waals surface area contributed by atoms with E-state index in [0.717, 1.165) is 22.7 Å². The van der Waals surface area contributed by atoms with Crippen LogP contribution in [-0.2, 0) is 16.0 Å². The monoisotopic (exact) mass is 449 g/mol. The lowest BCUT2D eigenvalue weighted by Crippen LogP contribution is -2.49. The van der Waals surface area contributed by atoms with Crippen molar-refractivity contribution in [1.82, 2.24) is 9.88 Å². The molecule has 0 saturated heterocycles. The standard InChI is InChI=1S/C25H27N3O3S/c1-4-27(5-2)24(29)15-28-21-14-19(11-12-22(21)31-17(3)25(28)30)20-16-32-23(26-20)13-18-9-7-6-8-10-18/h6-12,14,16-17H,4-5,13,15H2,1-3H3. The molecule has 1 atom stereocenters. The molecule has 0 N–H and O–H groups in total. The van der Waals surface area contributed by atoms with Crippen molar-refractivity contribution in [2.75, 3.05) is 24.5 Å². The van der Waals surface area contributed by atoms with Crippen LogP contribution in [0.15, 0.2) is 53.9 Å². The minimum absolute atomic E-state index is 0.000981. The Kier molecular flexibility index (Phi) is 6.55. The summed E-state index contributed by atoms with van der Waals surface area (Å²) in [7, 11) is 0. The third kappa shape index (κ3) is 4.53. The van der Waals surface area contributed by atoms with E-state index in [0.29, 0.717) is 24.5 Å². The molecule has 4 rings (SSSR count). The number of aromatic nitrogens is 1. The van der Waals surface area contributed by atoms with E-state index < -0.39 is 6.10 Å². The van der Waals surface area contributed by atoms with E-state index in [-0.39, 0.29) is 18.4 Å². The van der Waals surface area contributed by atoms with Crippen molar-refractivity contribution in [2.24, 2.45) is 0 Å². The number of ether oxygens (including phenoxy) is 1. The fraction of sp³-hybridized carbons (Fsp3) is 0.320. The molecule has 32 heavy (non-hydrogen) atoms. The number of carbonyl (C=O) groups is 2. The molecule has 2 amide bonds. The molecule has 1 aliphatic heterocycles. The topological polar surface area (TPSA) is 62.7 Å². The molecule has 166 valence electrons. The van der Waals surface area contributed by atoms with Crippen LogP contribution >= 0.6 is 11.3 Å². The minimum atomic E-state index is -0.630. The number of thiazole rings is 1. The number of anilines is 1. The van der Waals surface area contributed by atoms with Gasteiger partial charge in [0.05, 0.1) is 16.4 Å². The van der Waals surface area contributed by atoms with Crippen molar-refractivity contribution in [1.29, 1.82) is 0 Å². The van der Waals surface area contributed by atoms with Crippen molar-refractivity contribution >= 4 is 28.8 Å². The number of carbonyl (C=O) groups excluding carboxylic acids is 2. The van der Waals surface area contributed by atoms with Crippen LogP contribution in [0, 0.1) is 0 Å². The first-order valence-corrected chi connectivity index (χ1v) is 11.8. The van der Waals surface area contributed by atoms with Gasteiger partial charge in [-0.3, -0.25) is 14.5 Å². The molecule has 1 aromatic heterocycles. The molecule has 1 aliphatic rings. The molecule has 0 saturated carbocycles. The van der Waals surface area contributed by atoms with Gasteiger partial charge < -0.3 is 9.64 Å². The highest BCUT2D eigenvalue weighted by Crippen LogP contribution is 2.38. The molecule has 2 heterocycles. The Morgan fingerprint density at radius 2 is 1.91 bits per heavy atom. The molecule has 0 radical (unpaired) electrons. The molecule has 1 unspecified atom stereocenters. The molecule has 3 aromatic rings. The molecule has 0 spiro atoms. The van der Waals surface area contributed by atoms with Gasteiger partial charge in [-0.25, -0.2) is 4.98 Å². The highest BCUT2D eigenvalue weighted by Gasteiger charge is 2.33. The smallest absolute Gasteiger partial charge is 0.268 e. The molecule has 2 aromatic carbocycles. The zero-order chi connectivity index (χ0) is 22.7. The number of rotatable bonds is 7. The Bertz CT molecular complexity index is 1110. The van der Waals surface area contributed by atoms with Gasteiger partial charge in [-0.05, 0) is 44.5 Å². The summed E-state index contributed by atoms with van der Waals surface area (Å²) in [5.74, 6) is 0.318. The highest BCUT2D eigenvalue weighted by molar-refractivity contribution is 7.10. The molecule has 7 heteroatoms. The minimum Gasteiger partial charge on any atom is -0.479 e. The summed E-state index contributed by atoms with van der Waals surface area (Å²) in [5, 5.41) is 3.05. The van der Waals surface area contributed by atoms with Crippen LogP contribution < -0.4 is 9.64 Å². The lowest BCUT2D eigenvalue weighted by molar-refractivity contribution is -0.132. The van der Waals surface area contributed by atoms with Crippen LogP contribution in [0.3, 0.4) is 0 Å². The van der Waals surface area contributed by atoms with Crippen molar-refractivity contribution in [3.8, 4) is 17.0 Å². The number of hydrogen-bond donors (Lipinski definition) is 0. The lowest BCUT2D eigenvalue weighted by atomic mass is 10.1. The number of benzene rings is 2. The Balaban J connectivity index is 1.62. The number of amides is 2. The summed E-state index contributed by atoms with van der Waals surface area (Å²) in [6.45, 7) is 6.81. The molecular formula is C25H27N3O3S. The summed E-state index contributed by atoms with van der Waals surface area (Å²) in [4.78, 5) is 33.7. The number of hydrogen-bond acceptors (Lipinski definition) is 5. The van der Waals surface area contributed by atoms with Crippen LogP contribution in [0.4, 0.5) is 5.69 Å². The van der Waals surface area contributed by atoms with Gasteiger partial charge in [0, 0.05) is 30.5 Å². The Hall–Kier alpha value is -3.19. The van der Waals surface area contributed by atoms with Gasteiger partial charge >= 0.3 is 0 Å². The lowest BCUT2D eigenvalue weighted by Gasteiger charge is -2.34. The highest BCUT2D eigenvalue weighted by atomic mass is 32.1. The van der Waals surface area contributed by atoms with E-state index in [1.165, 1.54) is 5.56 Å². The van der Waals surface area contributed by atoms with Crippen molar-refractivity contribution in [2.45, 2.75) is 33.3 Å². The zero-order valence-electron chi connectivity index (χ0n) is 18.6. The van der Waals surface area contributed by atoms with Gasteiger partial charge in [0.25, 0.3) is 5.91 Å². The molecular weight excluding hydrogens is 422 g/mol. The second kappa shape index (κ2) is 9.53. The number of nitrogens with zero attached hydrogens (tertiary/aromatic N) is 3. The largest absolute Gasteiger partial charge is 0.479 e. The summed E-state index contributed by atoms with van der Waals surface area (Å²) in [6, 6.07) is 16.0. The summed E-state index contributed by atoms with van der Waals surface area (Å²) in [6.07, 6.45) is 0.148. The van der Waals surface area contributed by atoms with E-state index in [1.54, 1.807) is 28.1 Å². The van der Waals surface area contributed by atoms with Crippen LogP contribution in [0.2, 0.25) is 0 Å². The van der Waals surface area contributed by atoms with Gasteiger partial charge in [-0.15, -0.1) is 11.3 Å². The summed E-state index contributed by atoms with van der Waals surface area (Å²) in [5.41, 5.74) is 3.58. The Labute approximate surface area is 192 Å². The quantitative estimate of drug-likeness (QED) is 0.537. The molecule has 0 bridgehead atoms. The van der Waals surface area contributed by atoms with Crippen molar-refractivity contribution in [3.05, 3.63) is 64.5 Å². The van der Waals surface area contributed by atoms with Crippen molar-refractivity contribution in [3.63, 3.8) is 0 Å². The maximum Gasteiger partial charge on any atom is 0.268 e.